The summed E-state index contributed by atoms with van der Waals surface area (Å²) in [5.41, 5.74) is 2.38. The Kier molecular flexibility index (Phi) is 5.62. The minimum Gasteiger partial charge on any atom is -0.366 e. The fourth-order valence-electron chi connectivity index (χ4n) is 3.36. The van der Waals surface area contributed by atoms with Crippen LogP contribution in [0, 0.1) is 25.5 Å². The molecule has 6 nitrogen and oxygen atoms in total. The molecule has 0 unspecified atom stereocenters. The van der Waals surface area contributed by atoms with Crippen molar-refractivity contribution in [2.45, 2.75) is 33.4 Å². The minimum atomic E-state index is -0.592. The summed E-state index contributed by atoms with van der Waals surface area (Å²) in [6, 6.07) is 5.37. The molecule has 0 bridgehead atoms. The van der Waals surface area contributed by atoms with Crippen molar-refractivity contribution in [2.24, 2.45) is 0 Å². The predicted molar refractivity (Wildman–Crippen MR) is 99.8 cm³/mol. The van der Waals surface area contributed by atoms with E-state index in [2.05, 4.69) is 10.4 Å². The second kappa shape index (κ2) is 7.94. The van der Waals surface area contributed by atoms with Crippen LogP contribution in [0.1, 0.15) is 18.3 Å². The molecule has 1 aliphatic heterocycles. The first-order valence-electron chi connectivity index (χ1n) is 9.10. The summed E-state index contributed by atoms with van der Waals surface area (Å²) in [5, 5.41) is 7.40. The van der Waals surface area contributed by atoms with E-state index in [1.165, 1.54) is 12.1 Å². The van der Waals surface area contributed by atoms with Gasteiger partial charge >= 0.3 is 6.03 Å². The second-order valence-electron chi connectivity index (χ2n) is 7.03. The maximum atomic E-state index is 13.9. The maximum Gasteiger partial charge on any atom is 0.317 e. The summed E-state index contributed by atoms with van der Waals surface area (Å²) < 4.78 is 28.9. The monoisotopic (exact) mass is 377 g/mol. The molecule has 1 aromatic carbocycles. The molecule has 0 saturated carbocycles. The Labute approximate surface area is 157 Å². The lowest BCUT2D eigenvalue weighted by Crippen LogP contribution is -2.53. The summed E-state index contributed by atoms with van der Waals surface area (Å²) >= 11 is 0. The molecule has 1 aromatic heterocycles. The lowest BCUT2D eigenvalue weighted by atomic mass is 10.2. The predicted octanol–water partition coefficient (Wildman–Crippen LogP) is 2.70. The van der Waals surface area contributed by atoms with Crippen LogP contribution in [0.15, 0.2) is 24.3 Å². The van der Waals surface area contributed by atoms with Crippen LogP contribution in [0.5, 0.6) is 0 Å². The number of aryl methyl sites for hydroxylation is 2. The lowest BCUT2D eigenvalue weighted by molar-refractivity contribution is 0.189. The highest BCUT2D eigenvalue weighted by atomic mass is 19.1. The molecule has 1 saturated heterocycles. The SMILES string of the molecule is Cc1cc(C)n(C[C@@H](C)NC(=O)N2CCN(c3ccc(F)cc3F)CC2)n1. The van der Waals surface area contributed by atoms with E-state index in [9.17, 15) is 13.6 Å². The first kappa shape index (κ1) is 19.1. The number of nitrogens with zero attached hydrogens (tertiary/aromatic N) is 4. The first-order chi connectivity index (χ1) is 12.8. The number of piperazine rings is 1. The third-order valence-corrected chi connectivity index (χ3v) is 4.74. The van der Waals surface area contributed by atoms with Crippen LogP contribution in [0.2, 0.25) is 0 Å². The summed E-state index contributed by atoms with van der Waals surface area (Å²) in [6.45, 7) is 8.44. The quantitative estimate of drug-likeness (QED) is 0.891. The Morgan fingerprint density at radius 2 is 1.89 bits per heavy atom. The number of benzene rings is 1. The van der Waals surface area contributed by atoms with Crippen LogP contribution in [0.4, 0.5) is 19.3 Å². The van der Waals surface area contributed by atoms with Gasteiger partial charge in [-0.05, 0) is 39.0 Å². The van der Waals surface area contributed by atoms with Crippen LogP contribution in [-0.2, 0) is 6.54 Å². The van der Waals surface area contributed by atoms with Crippen molar-refractivity contribution in [2.75, 3.05) is 31.1 Å². The average Bonchev–Trinajstić information content (AvgIpc) is 2.92. The standard InChI is InChI=1S/C19H25F2N5O/c1-13-10-15(3)26(23-13)12-14(2)22-19(27)25-8-6-24(7-9-25)18-5-4-16(20)11-17(18)21/h4-5,10-11,14H,6-9,12H2,1-3H3,(H,22,27)/t14-/m1/s1. The maximum absolute atomic E-state index is 13.9. The van der Waals surface area contributed by atoms with Gasteiger partial charge in [-0.2, -0.15) is 5.10 Å². The molecular formula is C19H25F2N5O. The Hall–Kier alpha value is -2.64. The van der Waals surface area contributed by atoms with Crippen molar-refractivity contribution in [3.63, 3.8) is 0 Å². The van der Waals surface area contributed by atoms with Crippen molar-refractivity contribution in [3.05, 3.63) is 47.3 Å². The van der Waals surface area contributed by atoms with Gasteiger partial charge in [-0.15, -0.1) is 0 Å². The zero-order chi connectivity index (χ0) is 19.6. The van der Waals surface area contributed by atoms with Crippen LogP contribution in [-0.4, -0.2) is 52.9 Å². The summed E-state index contributed by atoms with van der Waals surface area (Å²) in [5.74, 6) is -1.17. The molecule has 146 valence electrons. The molecule has 0 spiro atoms. The smallest absolute Gasteiger partial charge is 0.317 e. The van der Waals surface area contributed by atoms with Gasteiger partial charge in [-0.1, -0.05) is 0 Å². The number of hydrogen-bond donors (Lipinski definition) is 1. The van der Waals surface area contributed by atoms with E-state index in [0.717, 1.165) is 17.5 Å². The van der Waals surface area contributed by atoms with Crippen molar-refractivity contribution in [1.29, 1.82) is 0 Å². The van der Waals surface area contributed by atoms with Gasteiger partial charge < -0.3 is 15.1 Å². The number of carbonyl (C=O) groups excluding carboxylic acids is 1. The number of nitrogens with one attached hydrogen (secondary N) is 1. The molecule has 2 aromatic rings. The zero-order valence-corrected chi connectivity index (χ0v) is 15.9. The fraction of sp³-hybridized carbons (Fsp3) is 0.474. The number of carbonyl (C=O) groups is 1. The molecule has 3 rings (SSSR count). The molecule has 1 aliphatic rings. The number of rotatable bonds is 4. The Balaban J connectivity index is 1.51. The average molecular weight is 377 g/mol. The van der Waals surface area contributed by atoms with Gasteiger partial charge in [0.25, 0.3) is 0 Å². The van der Waals surface area contributed by atoms with E-state index in [0.29, 0.717) is 38.4 Å². The van der Waals surface area contributed by atoms with Crippen molar-refractivity contribution >= 4 is 11.7 Å². The van der Waals surface area contributed by atoms with E-state index in [1.54, 1.807) is 4.90 Å². The van der Waals surface area contributed by atoms with Gasteiger partial charge in [0.15, 0.2) is 0 Å². The summed E-state index contributed by atoms with van der Waals surface area (Å²) in [7, 11) is 0. The number of urea groups is 1. The Morgan fingerprint density at radius 1 is 1.19 bits per heavy atom. The van der Waals surface area contributed by atoms with E-state index in [-0.39, 0.29) is 12.1 Å². The zero-order valence-electron chi connectivity index (χ0n) is 15.9. The minimum absolute atomic E-state index is 0.0666. The van der Waals surface area contributed by atoms with Gasteiger partial charge in [0, 0.05) is 44.0 Å². The molecule has 0 radical (unpaired) electrons. The number of hydrogen-bond acceptors (Lipinski definition) is 3. The van der Waals surface area contributed by atoms with E-state index in [1.807, 2.05) is 36.4 Å². The normalized spacial score (nSPS) is 15.7. The summed E-state index contributed by atoms with van der Waals surface area (Å²) in [6.07, 6.45) is 0. The Morgan fingerprint density at radius 3 is 2.48 bits per heavy atom. The largest absolute Gasteiger partial charge is 0.366 e. The van der Waals surface area contributed by atoms with E-state index in [4.69, 9.17) is 0 Å². The number of anilines is 1. The van der Waals surface area contributed by atoms with Gasteiger partial charge in [0.05, 0.1) is 17.9 Å². The molecular weight excluding hydrogens is 352 g/mol. The van der Waals surface area contributed by atoms with Gasteiger partial charge in [-0.25, -0.2) is 13.6 Å². The molecule has 0 aliphatic carbocycles. The highest BCUT2D eigenvalue weighted by Crippen LogP contribution is 2.21. The fourth-order valence-corrected chi connectivity index (χ4v) is 3.36. The molecule has 2 amide bonds. The Bertz CT molecular complexity index is 814. The van der Waals surface area contributed by atoms with E-state index < -0.39 is 11.6 Å². The van der Waals surface area contributed by atoms with Crippen molar-refractivity contribution in [1.82, 2.24) is 20.0 Å². The van der Waals surface area contributed by atoms with Gasteiger partial charge in [-0.3, -0.25) is 4.68 Å². The first-order valence-corrected chi connectivity index (χ1v) is 9.10. The highest BCUT2D eigenvalue weighted by molar-refractivity contribution is 5.74. The van der Waals surface area contributed by atoms with Gasteiger partial charge in [0.2, 0.25) is 0 Å². The van der Waals surface area contributed by atoms with Crippen LogP contribution in [0.3, 0.4) is 0 Å². The molecule has 1 N–H and O–H groups in total. The third-order valence-electron chi connectivity index (χ3n) is 4.74. The van der Waals surface area contributed by atoms with Crippen LogP contribution < -0.4 is 10.2 Å². The third kappa shape index (κ3) is 4.56. The van der Waals surface area contributed by atoms with Crippen LogP contribution in [0.25, 0.3) is 0 Å². The molecule has 8 heteroatoms. The van der Waals surface area contributed by atoms with Gasteiger partial charge in [0.1, 0.15) is 11.6 Å². The van der Waals surface area contributed by atoms with Crippen LogP contribution >= 0.6 is 0 Å². The number of amides is 2. The molecule has 1 fully saturated rings. The number of halogens is 2. The second-order valence-corrected chi connectivity index (χ2v) is 7.03. The molecule has 1 atom stereocenters. The molecule has 2 heterocycles. The number of aromatic nitrogens is 2. The lowest BCUT2D eigenvalue weighted by Gasteiger charge is -2.36. The summed E-state index contributed by atoms with van der Waals surface area (Å²) in [4.78, 5) is 16.0. The highest BCUT2D eigenvalue weighted by Gasteiger charge is 2.24. The van der Waals surface area contributed by atoms with E-state index >= 15 is 0 Å². The topological polar surface area (TPSA) is 53.4 Å². The van der Waals surface area contributed by atoms with Crippen molar-refractivity contribution < 1.29 is 13.6 Å². The van der Waals surface area contributed by atoms with Crippen molar-refractivity contribution in [3.8, 4) is 0 Å². The molecule has 27 heavy (non-hydrogen) atoms.